The summed E-state index contributed by atoms with van der Waals surface area (Å²) in [5.41, 5.74) is 1.99. The van der Waals surface area contributed by atoms with Crippen LogP contribution >= 0.6 is 0 Å². The maximum absolute atomic E-state index is 12.6. The second kappa shape index (κ2) is 9.62. The Morgan fingerprint density at radius 3 is 2.41 bits per heavy atom. The van der Waals surface area contributed by atoms with Gasteiger partial charge in [-0.3, -0.25) is 4.79 Å². The standard InChI is InChI=1S/C23H27N5O3S/c1-2-24-32(30,31)20-14-10-18(11-15-20)23(29)25-19-12-8-17(9-13-19)22-27-26-21-7-5-3-4-6-16-28(21)22/h8-15,24H,2-7,16H2,1H3,(H,25,29). The van der Waals surface area contributed by atoms with E-state index in [2.05, 4.69) is 24.8 Å². The van der Waals surface area contributed by atoms with E-state index in [0.717, 1.165) is 43.0 Å². The molecular formula is C23H27N5O3S. The van der Waals surface area contributed by atoms with Crippen molar-refractivity contribution in [3.8, 4) is 11.4 Å². The lowest BCUT2D eigenvalue weighted by Crippen LogP contribution is -2.23. The molecule has 4 rings (SSSR count). The van der Waals surface area contributed by atoms with Crippen molar-refractivity contribution in [3.63, 3.8) is 0 Å². The molecule has 1 aromatic heterocycles. The maximum atomic E-state index is 12.6. The minimum Gasteiger partial charge on any atom is -0.322 e. The lowest BCUT2D eigenvalue weighted by molar-refractivity contribution is 0.102. The van der Waals surface area contributed by atoms with E-state index in [1.807, 2.05) is 24.3 Å². The van der Waals surface area contributed by atoms with Crippen molar-refractivity contribution >= 4 is 21.6 Å². The van der Waals surface area contributed by atoms with Gasteiger partial charge >= 0.3 is 0 Å². The van der Waals surface area contributed by atoms with Crippen LogP contribution in [0.25, 0.3) is 11.4 Å². The number of aromatic nitrogens is 3. The summed E-state index contributed by atoms with van der Waals surface area (Å²) < 4.78 is 28.7. The average Bonchev–Trinajstić information content (AvgIpc) is 3.15. The number of rotatable bonds is 6. The molecule has 9 heteroatoms. The van der Waals surface area contributed by atoms with Crippen molar-refractivity contribution in [2.45, 2.75) is 50.5 Å². The summed E-state index contributed by atoms with van der Waals surface area (Å²) in [6, 6.07) is 13.4. The Morgan fingerprint density at radius 1 is 0.969 bits per heavy atom. The van der Waals surface area contributed by atoms with Gasteiger partial charge in [-0.1, -0.05) is 19.8 Å². The lowest BCUT2D eigenvalue weighted by atomic mass is 10.1. The maximum Gasteiger partial charge on any atom is 0.255 e. The molecule has 0 aliphatic carbocycles. The van der Waals surface area contributed by atoms with E-state index in [1.54, 1.807) is 6.92 Å². The zero-order valence-corrected chi connectivity index (χ0v) is 18.9. The van der Waals surface area contributed by atoms with Crippen LogP contribution < -0.4 is 10.0 Å². The van der Waals surface area contributed by atoms with Gasteiger partial charge in [-0.15, -0.1) is 10.2 Å². The van der Waals surface area contributed by atoms with E-state index in [4.69, 9.17) is 0 Å². The third-order valence-corrected chi connectivity index (χ3v) is 7.08. The number of aryl methyl sites for hydroxylation is 1. The summed E-state index contributed by atoms with van der Waals surface area (Å²) in [6.45, 7) is 2.94. The van der Waals surface area contributed by atoms with Crippen LogP contribution in [0.5, 0.6) is 0 Å². The monoisotopic (exact) mass is 453 g/mol. The van der Waals surface area contributed by atoms with Crippen molar-refractivity contribution < 1.29 is 13.2 Å². The van der Waals surface area contributed by atoms with Crippen LogP contribution in [0.15, 0.2) is 53.4 Å². The normalized spacial score (nSPS) is 14.3. The fourth-order valence-corrected chi connectivity index (χ4v) is 4.88. The Balaban J connectivity index is 1.46. The molecule has 2 heterocycles. The van der Waals surface area contributed by atoms with Crippen molar-refractivity contribution in [2.75, 3.05) is 11.9 Å². The first-order chi connectivity index (χ1) is 15.5. The molecule has 0 fully saturated rings. The molecule has 1 aliphatic heterocycles. The van der Waals surface area contributed by atoms with Crippen LogP contribution in [0, 0.1) is 0 Å². The molecular weight excluding hydrogens is 426 g/mol. The van der Waals surface area contributed by atoms with E-state index in [0.29, 0.717) is 17.8 Å². The molecule has 1 amide bonds. The van der Waals surface area contributed by atoms with Gasteiger partial charge in [-0.05, 0) is 61.4 Å². The quantitative estimate of drug-likeness (QED) is 0.593. The molecule has 3 aromatic rings. The molecule has 0 spiro atoms. The molecule has 0 saturated heterocycles. The molecule has 0 saturated carbocycles. The molecule has 168 valence electrons. The Hall–Kier alpha value is -3.04. The van der Waals surface area contributed by atoms with Gasteiger partial charge in [0.05, 0.1) is 4.90 Å². The molecule has 0 radical (unpaired) electrons. The van der Waals surface area contributed by atoms with Crippen LogP contribution in [-0.2, 0) is 23.0 Å². The van der Waals surface area contributed by atoms with Gasteiger partial charge in [0.1, 0.15) is 5.82 Å². The summed E-state index contributed by atoms with van der Waals surface area (Å²) in [5.74, 6) is 1.59. The van der Waals surface area contributed by atoms with Crippen LogP contribution in [0.4, 0.5) is 5.69 Å². The van der Waals surface area contributed by atoms with Gasteiger partial charge in [0.2, 0.25) is 10.0 Å². The first-order valence-corrected chi connectivity index (χ1v) is 12.4. The number of benzene rings is 2. The predicted molar refractivity (Wildman–Crippen MR) is 123 cm³/mol. The third-order valence-electron chi connectivity index (χ3n) is 5.52. The summed E-state index contributed by atoms with van der Waals surface area (Å²) >= 11 is 0. The van der Waals surface area contributed by atoms with Gasteiger partial charge < -0.3 is 9.88 Å². The number of nitrogens with zero attached hydrogens (tertiary/aromatic N) is 3. The number of hydrogen-bond acceptors (Lipinski definition) is 5. The smallest absolute Gasteiger partial charge is 0.255 e. The molecule has 0 atom stereocenters. The van der Waals surface area contributed by atoms with E-state index in [-0.39, 0.29) is 10.8 Å². The lowest BCUT2D eigenvalue weighted by Gasteiger charge is -2.13. The number of fused-ring (bicyclic) bond motifs is 1. The van der Waals surface area contributed by atoms with Gasteiger partial charge in [0.25, 0.3) is 5.91 Å². The molecule has 8 nitrogen and oxygen atoms in total. The second-order valence-electron chi connectivity index (χ2n) is 7.81. The van der Waals surface area contributed by atoms with Crippen LogP contribution in [0.2, 0.25) is 0 Å². The number of sulfonamides is 1. The van der Waals surface area contributed by atoms with Crippen molar-refractivity contribution in [1.82, 2.24) is 19.5 Å². The van der Waals surface area contributed by atoms with Gasteiger partial charge in [0.15, 0.2) is 5.82 Å². The molecule has 2 aromatic carbocycles. The zero-order valence-electron chi connectivity index (χ0n) is 18.0. The highest BCUT2D eigenvalue weighted by Crippen LogP contribution is 2.24. The molecule has 0 bridgehead atoms. The van der Waals surface area contributed by atoms with Crippen LogP contribution in [0.3, 0.4) is 0 Å². The van der Waals surface area contributed by atoms with E-state index in [9.17, 15) is 13.2 Å². The topological polar surface area (TPSA) is 106 Å². The molecule has 1 aliphatic rings. The van der Waals surface area contributed by atoms with Crippen molar-refractivity contribution in [3.05, 3.63) is 59.9 Å². The SMILES string of the molecule is CCNS(=O)(=O)c1ccc(C(=O)Nc2ccc(-c3nnc4n3CCCCCC4)cc2)cc1. The Morgan fingerprint density at radius 2 is 1.69 bits per heavy atom. The van der Waals surface area contributed by atoms with Crippen molar-refractivity contribution in [1.29, 1.82) is 0 Å². The predicted octanol–water partition coefficient (Wildman–Crippen LogP) is 3.61. The molecule has 32 heavy (non-hydrogen) atoms. The second-order valence-corrected chi connectivity index (χ2v) is 9.58. The van der Waals surface area contributed by atoms with Gasteiger partial charge in [0, 0.05) is 36.3 Å². The number of nitrogens with one attached hydrogen (secondary N) is 2. The van der Waals surface area contributed by atoms with E-state index >= 15 is 0 Å². The Bertz CT molecular complexity index is 1190. The highest BCUT2D eigenvalue weighted by Gasteiger charge is 2.16. The number of hydrogen-bond donors (Lipinski definition) is 2. The van der Waals surface area contributed by atoms with E-state index in [1.165, 1.54) is 37.1 Å². The van der Waals surface area contributed by atoms with Crippen molar-refractivity contribution in [2.24, 2.45) is 0 Å². The highest BCUT2D eigenvalue weighted by molar-refractivity contribution is 7.89. The zero-order chi connectivity index (χ0) is 22.6. The number of anilines is 1. The summed E-state index contributed by atoms with van der Waals surface area (Å²) in [4.78, 5) is 12.7. The fourth-order valence-electron chi connectivity index (χ4n) is 3.84. The average molecular weight is 454 g/mol. The molecule has 0 unspecified atom stereocenters. The molecule has 2 N–H and O–H groups in total. The summed E-state index contributed by atoms with van der Waals surface area (Å²) in [7, 11) is -3.54. The van der Waals surface area contributed by atoms with Gasteiger partial charge in [-0.2, -0.15) is 0 Å². The minimum absolute atomic E-state index is 0.128. The van der Waals surface area contributed by atoms with Crippen LogP contribution in [0.1, 0.15) is 48.8 Å². The van der Waals surface area contributed by atoms with Crippen LogP contribution in [-0.4, -0.2) is 35.6 Å². The number of carbonyl (C=O) groups excluding carboxylic acids is 1. The largest absolute Gasteiger partial charge is 0.322 e. The minimum atomic E-state index is -3.54. The Kier molecular flexibility index (Phi) is 6.66. The Labute approximate surface area is 188 Å². The third kappa shape index (κ3) is 4.89. The summed E-state index contributed by atoms with van der Waals surface area (Å²) in [5, 5.41) is 11.6. The first-order valence-electron chi connectivity index (χ1n) is 10.9. The first kappa shape index (κ1) is 22.2. The highest BCUT2D eigenvalue weighted by atomic mass is 32.2. The number of amides is 1. The summed E-state index contributed by atoms with van der Waals surface area (Å²) in [6.07, 6.45) is 5.69. The fraction of sp³-hybridized carbons (Fsp3) is 0.348. The number of carbonyl (C=O) groups is 1. The van der Waals surface area contributed by atoms with E-state index < -0.39 is 10.0 Å². The van der Waals surface area contributed by atoms with Gasteiger partial charge in [-0.25, -0.2) is 13.1 Å².